The molecule has 0 unspecified atom stereocenters. The quantitative estimate of drug-likeness (QED) is 0.670. The predicted molar refractivity (Wildman–Crippen MR) is 72.0 cm³/mol. The predicted octanol–water partition coefficient (Wildman–Crippen LogP) is 3.78. The van der Waals surface area contributed by atoms with E-state index >= 15 is 0 Å². The number of carbonyl (C=O) groups excluding carboxylic acids is 1. The van der Waals surface area contributed by atoms with Crippen molar-refractivity contribution >= 4 is 38.5 Å². The van der Waals surface area contributed by atoms with Crippen LogP contribution in [0.2, 0.25) is 0 Å². The van der Waals surface area contributed by atoms with E-state index in [2.05, 4.69) is 4.98 Å². The molecule has 2 nitrogen and oxygen atoms in total. The van der Waals surface area contributed by atoms with Crippen LogP contribution in [0.5, 0.6) is 0 Å². The first-order valence-corrected chi connectivity index (χ1v) is 6.93. The lowest BCUT2D eigenvalue weighted by atomic mass is 10.2. The van der Waals surface area contributed by atoms with Gasteiger partial charge in [-0.2, -0.15) is 0 Å². The second-order valence-corrected chi connectivity index (χ2v) is 5.74. The minimum atomic E-state index is 0.154. The number of carbonyl (C=O) groups is 1. The summed E-state index contributed by atoms with van der Waals surface area (Å²) in [6.45, 7) is 0. The fraction of sp³-hybridized carbons (Fsp3) is 0.0769. The first-order valence-electron chi connectivity index (χ1n) is 5.23. The summed E-state index contributed by atoms with van der Waals surface area (Å²) in [6, 6.07) is 10.0. The van der Waals surface area contributed by atoms with E-state index in [1.807, 2.05) is 35.7 Å². The highest BCUT2D eigenvalue weighted by Crippen LogP contribution is 2.26. The molecule has 0 aliphatic rings. The molecule has 0 fully saturated rings. The molecule has 0 aliphatic heterocycles. The van der Waals surface area contributed by atoms with E-state index in [0.29, 0.717) is 6.42 Å². The second-order valence-electron chi connectivity index (χ2n) is 3.67. The molecule has 1 aromatic carbocycles. The fourth-order valence-corrected chi connectivity index (χ4v) is 3.30. The minimum Gasteiger partial charge on any atom is -0.293 e. The molecule has 0 bridgehead atoms. The highest BCUT2D eigenvalue weighted by atomic mass is 32.1. The third-order valence-corrected chi connectivity index (χ3v) is 4.43. The Morgan fingerprint density at radius 2 is 2.18 bits per heavy atom. The van der Waals surface area contributed by atoms with Crippen molar-refractivity contribution in [1.29, 1.82) is 0 Å². The molecule has 0 saturated heterocycles. The maximum Gasteiger partial charge on any atom is 0.179 e. The highest BCUT2D eigenvalue weighted by molar-refractivity contribution is 7.20. The van der Waals surface area contributed by atoms with Crippen LogP contribution in [0.25, 0.3) is 10.1 Å². The average Bonchev–Trinajstić information content (AvgIpc) is 2.96. The van der Waals surface area contributed by atoms with Gasteiger partial charge in [0.25, 0.3) is 0 Å². The van der Waals surface area contributed by atoms with Gasteiger partial charge in [-0.25, -0.2) is 4.98 Å². The zero-order valence-corrected chi connectivity index (χ0v) is 10.6. The molecule has 2 heterocycles. The summed E-state index contributed by atoms with van der Waals surface area (Å²) >= 11 is 3.08. The van der Waals surface area contributed by atoms with Gasteiger partial charge in [0.2, 0.25) is 0 Å². The van der Waals surface area contributed by atoms with E-state index in [9.17, 15) is 4.79 Å². The van der Waals surface area contributed by atoms with Crippen LogP contribution >= 0.6 is 22.7 Å². The number of thiophene rings is 1. The number of Topliss-reactive ketones (excluding diaryl/α,β-unsaturated/α-hetero) is 1. The number of benzene rings is 1. The Labute approximate surface area is 107 Å². The summed E-state index contributed by atoms with van der Waals surface area (Å²) in [5, 5.41) is 3.92. The van der Waals surface area contributed by atoms with Crippen molar-refractivity contribution in [2.24, 2.45) is 0 Å². The van der Waals surface area contributed by atoms with Crippen LogP contribution in [0.4, 0.5) is 0 Å². The van der Waals surface area contributed by atoms with Gasteiger partial charge in [0.05, 0.1) is 11.3 Å². The largest absolute Gasteiger partial charge is 0.293 e. The molecule has 0 N–H and O–H groups in total. The molecule has 84 valence electrons. The molecular formula is C13H9NOS2. The number of hydrogen-bond donors (Lipinski definition) is 0. The second kappa shape index (κ2) is 4.39. The lowest BCUT2D eigenvalue weighted by Crippen LogP contribution is -2.00. The summed E-state index contributed by atoms with van der Waals surface area (Å²) in [6.07, 6.45) is 2.14. The normalized spacial score (nSPS) is 10.8. The molecule has 3 aromatic rings. The van der Waals surface area contributed by atoms with Gasteiger partial charge < -0.3 is 0 Å². The number of nitrogens with zero attached hydrogens (tertiary/aromatic N) is 1. The van der Waals surface area contributed by atoms with Gasteiger partial charge in [-0.1, -0.05) is 18.2 Å². The maximum atomic E-state index is 12.1. The summed E-state index contributed by atoms with van der Waals surface area (Å²) in [5.74, 6) is 0.154. The first kappa shape index (κ1) is 10.6. The smallest absolute Gasteiger partial charge is 0.179 e. The molecule has 17 heavy (non-hydrogen) atoms. The standard InChI is InChI=1S/C13H9NOS2/c15-10(8-13-14-5-6-16-13)12-7-9-3-1-2-4-11(9)17-12/h1-7H,8H2. The Bertz CT molecular complexity index is 622. The molecule has 0 amide bonds. The van der Waals surface area contributed by atoms with E-state index in [1.165, 1.54) is 11.3 Å². The van der Waals surface area contributed by atoms with Crippen molar-refractivity contribution < 1.29 is 4.79 Å². The van der Waals surface area contributed by atoms with Crippen LogP contribution in [0.1, 0.15) is 14.7 Å². The monoisotopic (exact) mass is 259 g/mol. The Morgan fingerprint density at radius 3 is 2.94 bits per heavy atom. The van der Waals surface area contributed by atoms with E-state index in [0.717, 1.165) is 20.0 Å². The Balaban J connectivity index is 1.90. The van der Waals surface area contributed by atoms with Crippen molar-refractivity contribution in [3.05, 3.63) is 51.8 Å². The zero-order chi connectivity index (χ0) is 11.7. The summed E-state index contributed by atoms with van der Waals surface area (Å²) in [7, 11) is 0. The lowest BCUT2D eigenvalue weighted by Gasteiger charge is -1.92. The van der Waals surface area contributed by atoms with Crippen LogP contribution in [0, 0.1) is 0 Å². The van der Waals surface area contributed by atoms with Gasteiger partial charge in [-0.3, -0.25) is 4.79 Å². The summed E-state index contributed by atoms with van der Waals surface area (Å²) in [4.78, 5) is 17.0. The van der Waals surface area contributed by atoms with E-state index < -0.39 is 0 Å². The van der Waals surface area contributed by atoms with Gasteiger partial charge in [-0.05, 0) is 17.5 Å². The molecule has 0 spiro atoms. The van der Waals surface area contributed by atoms with Crippen LogP contribution < -0.4 is 0 Å². The number of aromatic nitrogens is 1. The van der Waals surface area contributed by atoms with Crippen molar-refractivity contribution in [3.8, 4) is 0 Å². The molecule has 3 rings (SSSR count). The minimum absolute atomic E-state index is 0.154. The average molecular weight is 259 g/mol. The van der Waals surface area contributed by atoms with Gasteiger partial charge in [-0.15, -0.1) is 22.7 Å². The SMILES string of the molecule is O=C(Cc1nccs1)c1cc2ccccc2s1. The third-order valence-electron chi connectivity index (χ3n) is 2.50. The van der Waals surface area contributed by atoms with Crippen LogP contribution in [0.3, 0.4) is 0 Å². The van der Waals surface area contributed by atoms with E-state index in [-0.39, 0.29) is 5.78 Å². The fourth-order valence-electron chi connectivity index (χ4n) is 1.68. The topological polar surface area (TPSA) is 30.0 Å². The molecule has 4 heteroatoms. The summed E-state index contributed by atoms with van der Waals surface area (Å²) < 4.78 is 1.16. The Morgan fingerprint density at radius 1 is 1.29 bits per heavy atom. The van der Waals surface area contributed by atoms with Gasteiger partial charge >= 0.3 is 0 Å². The van der Waals surface area contributed by atoms with Gasteiger partial charge in [0.1, 0.15) is 5.01 Å². The number of fused-ring (bicyclic) bond motifs is 1. The summed E-state index contributed by atoms with van der Waals surface area (Å²) in [5.41, 5.74) is 0. The van der Waals surface area contributed by atoms with Crippen LogP contribution in [-0.4, -0.2) is 10.8 Å². The Hall–Kier alpha value is -1.52. The highest BCUT2D eigenvalue weighted by Gasteiger charge is 2.11. The number of hydrogen-bond acceptors (Lipinski definition) is 4. The van der Waals surface area contributed by atoms with Gasteiger partial charge in [0.15, 0.2) is 5.78 Å². The molecule has 2 aromatic heterocycles. The third kappa shape index (κ3) is 2.14. The van der Waals surface area contributed by atoms with Gasteiger partial charge in [0, 0.05) is 16.3 Å². The Kier molecular flexibility index (Phi) is 2.74. The molecular weight excluding hydrogens is 250 g/mol. The maximum absolute atomic E-state index is 12.1. The molecule has 0 atom stereocenters. The van der Waals surface area contributed by atoms with Crippen LogP contribution in [-0.2, 0) is 6.42 Å². The molecule has 0 saturated carbocycles. The van der Waals surface area contributed by atoms with Crippen LogP contribution in [0.15, 0.2) is 41.9 Å². The number of ketones is 1. The van der Waals surface area contributed by atoms with Crippen molar-refractivity contribution in [2.75, 3.05) is 0 Å². The zero-order valence-electron chi connectivity index (χ0n) is 8.92. The van der Waals surface area contributed by atoms with Crippen molar-refractivity contribution in [3.63, 3.8) is 0 Å². The van der Waals surface area contributed by atoms with E-state index in [4.69, 9.17) is 0 Å². The van der Waals surface area contributed by atoms with E-state index in [1.54, 1.807) is 17.5 Å². The van der Waals surface area contributed by atoms with Crippen molar-refractivity contribution in [2.45, 2.75) is 6.42 Å². The van der Waals surface area contributed by atoms with Crippen molar-refractivity contribution in [1.82, 2.24) is 4.98 Å². The molecule has 0 radical (unpaired) electrons. The molecule has 0 aliphatic carbocycles. The number of thiazole rings is 1. The lowest BCUT2D eigenvalue weighted by molar-refractivity contribution is 0.0997. The number of rotatable bonds is 3. The first-order chi connectivity index (χ1) is 8.33.